The van der Waals surface area contributed by atoms with Gasteiger partial charge in [0.2, 0.25) is 5.91 Å². The summed E-state index contributed by atoms with van der Waals surface area (Å²) in [6, 6.07) is 7.74. The number of carboxylic acid groups (broad SMARTS) is 1. The number of carboxylic acids is 1. The van der Waals surface area contributed by atoms with E-state index in [2.05, 4.69) is 10.6 Å². The van der Waals surface area contributed by atoms with Gasteiger partial charge in [-0.15, -0.1) is 0 Å². The summed E-state index contributed by atoms with van der Waals surface area (Å²) in [5.41, 5.74) is 0.748. The molecule has 0 aliphatic heterocycles. The number of rotatable bonds is 13. The smallest absolute Gasteiger partial charge is 0.408 e. The number of alkyl carbamates (subject to hydrolysis) is 1. The Morgan fingerprint density at radius 3 is 2.06 bits per heavy atom. The summed E-state index contributed by atoms with van der Waals surface area (Å²) in [5, 5.41) is 13.7. The third kappa shape index (κ3) is 10.8. The van der Waals surface area contributed by atoms with Crippen molar-refractivity contribution in [2.75, 3.05) is 0 Å². The molecule has 0 saturated heterocycles. The molecule has 0 radical (unpaired) electrons. The number of aliphatic carboxylic acids is 1. The molecule has 1 aromatic carbocycles. The summed E-state index contributed by atoms with van der Waals surface area (Å²) in [6.07, 6.45) is -2.10. The van der Waals surface area contributed by atoms with E-state index in [4.69, 9.17) is 14.4 Å². The molecule has 2 amide bonds. The highest BCUT2D eigenvalue weighted by atomic mass is 31.2. The fourth-order valence-electron chi connectivity index (χ4n) is 2.87. The predicted molar refractivity (Wildman–Crippen MR) is 122 cm³/mol. The van der Waals surface area contributed by atoms with Crippen LogP contribution in [-0.2, 0) is 30.0 Å². The van der Waals surface area contributed by atoms with Crippen LogP contribution in [0.4, 0.5) is 4.79 Å². The van der Waals surface area contributed by atoms with Crippen LogP contribution < -0.4 is 10.6 Å². The van der Waals surface area contributed by atoms with Crippen molar-refractivity contribution in [3.8, 4) is 0 Å². The van der Waals surface area contributed by atoms with Gasteiger partial charge >= 0.3 is 19.7 Å². The standard InChI is InChI=1S/C22H35N2O8P/c1-14(2)11-18(20(25)23-16(5)21(26)27)32-33(29,30)19(12-15(3)4)24-22(28)31-13-17-9-7-6-8-10-17/h6-10,14-16,18-19H,11-13H2,1-5H3,(H,23,25)(H,24,28)(H,26,27)(H,29,30)/t16?,18?,19-/m0/s1. The zero-order valence-corrected chi connectivity index (χ0v) is 20.6. The molecule has 10 nitrogen and oxygen atoms in total. The second kappa shape index (κ2) is 13.3. The van der Waals surface area contributed by atoms with Crippen molar-refractivity contribution in [1.29, 1.82) is 0 Å². The Morgan fingerprint density at radius 2 is 1.55 bits per heavy atom. The molecular formula is C22H35N2O8P. The van der Waals surface area contributed by atoms with E-state index in [0.717, 1.165) is 5.56 Å². The van der Waals surface area contributed by atoms with Gasteiger partial charge in [-0.25, -0.2) is 4.79 Å². The van der Waals surface area contributed by atoms with E-state index in [0.29, 0.717) is 0 Å². The lowest BCUT2D eigenvalue weighted by Gasteiger charge is -2.29. The summed E-state index contributed by atoms with van der Waals surface area (Å²) in [4.78, 5) is 46.6. The zero-order chi connectivity index (χ0) is 25.2. The SMILES string of the molecule is CC(C)CC(OP(=O)(O)[C@@H](CC(C)C)NC(=O)OCc1ccccc1)C(=O)NC(C)C(=O)O. The number of carbonyl (C=O) groups is 3. The van der Waals surface area contributed by atoms with E-state index < -0.39 is 43.5 Å². The lowest BCUT2D eigenvalue weighted by Crippen LogP contribution is -2.45. The van der Waals surface area contributed by atoms with Crippen LogP contribution in [0, 0.1) is 11.8 Å². The van der Waals surface area contributed by atoms with Crippen molar-refractivity contribution in [2.45, 2.75) is 72.0 Å². The van der Waals surface area contributed by atoms with Gasteiger partial charge in [0.1, 0.15) is 24.5 Å². The average Bonchev–Trinajstić information content (AvgIpc) is 2.71. The van der Waals surface area contributed by atoms with Crippen LogP contribution in [-0.4, -0.2) is 45.9 Å². The summed E-state index contributed by atoms with van der Waals surface area (Å²) >= 11 is 0. The lowest BCUT2D eigenvalue weighted by molar-refractivity contribution is -0.142. The van der Waals surface area contributed by atoms with E-state index in [-0.39, 0.29) is 31.3 Å². The van der Waals surface area contributed by atoms with E-state index >= 15 is 0 Å². The van der Waals surface area contributed by atoms with Crippen LogP contribution in [0.1, 0.15) is 53.0 Å². The highest BCUT2D eigenvalue weighted by molar-refractivity contribution is 7.53. The number of benzene rings is 1. The molecule has 186 valence electrons. The van der Waals surface area contributed by atoms with Gasteiger partial charge in [-0.05, 0) is 37.2 Å². The maximum Gasteiger partial charge on any atom is 0.408 e. The van der Waals surface area contributed by atoms with Crippen molar-refractivity contribution in [2.24, 2.45) is 11.8 Å². The number of nitrogens with one attached hydrogen (secondary N) is 2. The van der Waals surface area contributed by atoms with Crippen LogP contribution in [0.15, 0.2) is 30.3 Å². The third-order valence-corrected chi connectivity index (χ3v) is 6.26. The molecular weight excluding hydrogens is 451 g/mol. The van der Waals surface area contributed by atoms with E-state index in [9.17, 15) is 23.8 Å². The normalized spacial score (nSPS) is 15.9. The van der Waals surface area contributed by atoms with Crippen LogP contribution >= 0.6 is 7.60 Å². The molecule has 0 fully saturated rings. The lowest BCUT2D eigenvalue weighted by atomic mass is 10.1. The summed E-state index contributed by atoms with van der Waals surface area (Å²) in [6.45, 7) is 8.43. The second-order valence-electron chi connectivity index (χ2n) is 8.71. The highest BCUT2D eigenvalue weighted by Crippen LogP contribution is 2.50. The van der Waals surface area contributed by atoms with E-state index in [1.807, 2.05) is 6.07 Å². The first kappa shape index (κ1) is 28.6. The highest BCUT2D eigenvalue weighted by Gasteiger charge is 2.39. The van der Waals surface area contributed by atoms with Crippen molar-refractivity contribution >= 4 is 25.6 Å². The first-order valence-electron chi connectivity index (χ1n) is 10.8. The molecule has 0 saturated carbocycles. The number of hydrogen-bond acceptors (Lipinski definition) is 6. The topological polar surface area (TPSA) is 151 Å². The van der Waals surface area contributed by atoms with Crippen LogP contribution in [0.2, 0.25) is 0 Å². The van der Waals surface area contributed by atoms with Gasteiger partial charge in [0.25, 0.3) is 0 Å². The van der Waals surface area contributed by atoms with Gasteiger partial charge in [0, 0.05) is 0 Å². The maximum atomic E-state index is 13.1. The second-order valence-corrected chi connectivity index (χ2v) is 10.7. The number of carbonyl (C=O) groups excluding carboxylic acids is 2. The Balaban J connectivity index is 2.94. The summed E-state index contributed by atoms with van der Waals surface area (Å²) < 4.78 is 23.6. The maximum absolute atomic E-state index is 13.1. The molecule has 33 heavy (non-hydrogen) atoms. The van der Waals surface area contributed by atoms with Gasteiger partial charge in [-0.1, -0.05) is 58.0 Å². The van der Waals surface area contributed by atoms with Crippen molar-refractivity contribution in [3.63, 3.8) is 0 Å². The van der Waals surface area contributed by atoms with Gasteiger partial charge in [-0.2, -0.15) is 0 Å². The van der Waals surface area contributed by atoms with E-state index in [1.54, 1.807) is 52.0 Å². The van der Waals surface area contributed by atoms with Gasteiger partial charge in [0.05, 0.1) is 0 Å². The number of amides is 2. The third-order valence-electron chi connectivity index (χ3n) is 4.57. The molecule has 0 aliphatic carbocycles. The Morgan fingerprint density at radius 1 is 0.970 bits per heavy atom. The Bertz CT molecular complexity index is 831. The molecule has 0 spiro atoms. The molecule has 1 rings (SSSR count). The van der Waals surface area contributed by atoms with Gasteiger partial charge < -0.3 is 25.4 Å². The van der Waals surface area contributed by atoms with Crippen molar-refractivity contribution < 1.29 is 38.2 Å². The fraction of sp³-hybridized carbons (Fsp3) is 0.591. The molecule has 11 heteroatoms. The minimum Gasteiger partial charge on any atom is -0.480 e. The largest absolute Gasteiger partial charge is 0.480 e. The minimum absolute atomic E-state index is 0.0247. The van der Waals surface area contributed by atoms with Crippen LogP contribution in [0.5, 0.6) is 0 Å². The summed E-state index contributed by atoms with van der Waals surface area (Å²) in [5.74, 6) is -3.56. The molecule has 0 bridgehead atoms. The van der Waals surface area contributed by atoms with Gasteiger partial charge in [0.15, 0.2) is 0 Å². The number of ether oxygens (including phenoxy) is 1. The predicted octanol–water partition coefficient (Wildman–Crippen LogP) is 3.49. The fourth-order valence-corrected chi connectivity index (χ4v) is 4.52. The van der Waals surface area contributed by atoms with Crippen LogP contribution in [0.3, 0.4) is 0 Å². The minimum atomic E-state index is -4.56. The Kier molecular flexibility index (Phi) is 11.6. The summed E-state index contributed by atoms with van der Waals surface area (Å²) in [7, 11) is -4.56. The molecule has 4 atom stereocenters. The monoisotopic (exact) mass is 486 g/mol. The van der Waals surface area contributed by atoms with Crippen molar-refractivity contribution in [3.05, 3.63) is 35.9 Å². The number of hydrogen-bond donors (Lipinski definition) is 4. The van der Waals surface area contributed by atoms with E-state index in [1.165, 1.54) is 6.92 Å². The Hall–Kier alpha value is -2.42. The molecule has 0 aliphatic rings. The first-order chi connectivity index (χ1) is 15.3. The first-order valence-corrected chi connectivity index (χ1v) is 12.5. The molecule has 0 heterocycles. The van der Waals surface area contributed by atoms with Gasteiger partial charge in [-0.3, -0.25) is 18.7 Å². The van der Waals surface area contributed by atoms with Crippen molar-refractivity contribution in [1.82, 2.24) is 10.6 Å². The molecule has 0 aromatic heterocycles. The zero-order valence-electron chi connectivity index (χ0n) is 19.7. The molecule has 4 N–H and O–H groups in total. The molecule has 3 unspecified atom stereocenters. The van der Waals surface area contributed by atoms with Crippen LogP contribution in [0.25, 0.3) is 0 Å². The molecule has 1 aromatic rings. The Labute approximate surface area is 194 Å². The average molecular weight is 487 g/mol. The quantitative estimate of drug-likeness (QED) is 0.309.